The Morgan fingerprint density at radius 3 is 2.80 bits per heavy atom. The average molecular weight is 429 g/mol. The molecule has 3 aromatic heterocycles. The fourth-order valence-electron chi connectivity index (χ4n) is 3.26. The highest BCUT2D eigenvalue weighted by Gasteiger charge is 2.42. The summed E-state index contributed by atoms with van der Waals surface area (Å²) in [7, 11) is 0. The molecular weight excluding hydrogens is 413 g/mol. The summed E-state index contributed by atoms with van der Waals surface area (Å²) < 4.78 is 73.9. The first kappa shape index (κ1) is 20.2. The summed E-state index contributed by atoms with van der Waals surface area (Å²) in [4.78, 5) is 11.6. The molecule has 1 atom stereocenters. The predicted octanol–water partition coefficient (Wildman–Crippen LogP) is 2.86. The van der Waals surface area contributed by atoms with E-state index >= 15 is 0 Å². The Labute approximate surface area is 166 Å². The van der Waals surface area contributed by atoms with Crippen LogP contribution in [0.4, 0.5) is 27.8 Å². The number of alkyl halides is 5. The van der Waals surface area contributed by atoms with Crippen molar-refractivity contribution in [2.45, 2.75) is 25.1 Å². The SMILES string of the molecule is Nc1ncnc2c1c(Oc1cc(C(F)(F)F)ccn1)nn2CC1CCNCC1(F)F. The van der Waals surface area contributed by atoms with E-state index in [0.717, 1.165) is 18.6 Å². The Hall–Kier alpha value is -3.09. The van der Waals surface area contributed by atoms with Crippen LogP contribution in [0.5, 0.6) is 11.8 Å². The molecule has 0 amide bonds. The van der Waals surface area contributed by atoms with E-state index in [4.69, 9.17) is 10.5 Å². The first-order chi connectivity index (χ1) is 14.1. The lowest BCUT2D eigenvalue weighted by atomic mass is 9.94. The van der Waals surface area contributed by atoms with E-state index in [0.29, 0.717) is 12.6 Å². The van der Waals surface area contributed by atoms with Gasteiger partial charge in [0.05, 0.1) is 18.7 Å². The summed E-state index contributed by atoms with van der Waals surface area (Å²) in [5.74, 6) is -4.62. The van der Waals surface area contributed by atoms with Gasteiger partial charge in [-0.05, 0) is 19.0 Å². The molecule has 1 aliphatic heterocycles. The van der Waals surface area contributed by atoms with Gasteiger partial charge in [-0.2, -0.15) is 13.2 Å². The summed E-state index contributed by atoms with van der Waals surface area (Å²) in [5, 5.41) is 6.88. The van der Waals surface area contributed by atoms with Crippen LogP contribution in [0.25, 0.3) is 11.0 Å². The van der Waals surface area contributed by atoms with Crippen LogP contribution in [-0.4, -0.2) is 43.7 Å². The molecule has 1 unspecified atom stereocenters. The molecule has 4 heterocycles. The van der Waals surface area contributed by atoms with Crippen LogP contribution in [-0.2, 0) is 12.7 Å². The number of anilines is 1. The minimum absolute atomic E-state index is 0.0507. The first-order valence-electron chi connectivity index (χ1n) is 8.92. The van der Waals surface area contributed by atoms with Gasteiger partial charge in [0, 0.05) is 18.2 Å². The number of ether oxygens (including phenoxy) is 1. The molecule has 1 fully saturated rings. The van der Waals surface area contributed by atoms with Gasteiger partial charge in [-0.1, -0.05) is 0 Å². The molecule has 4 rings (SSSR count). The van der Waals surface area contributed by atoms with E-state index in [1.165, 1.54) is 4.68 Å². The second-order valence-corrected chi connectivity index (χ2v) is 6.85. The van der Waals surface area contributed by atoms with E-state index in [2.05, 4.69) is 25.4 Å². The highest BCUT2D eigenvalue weighted by Crippen LogP contribution is 2.36. The number of nitrogens with two attached hydrogens (primary N) is 1. The normalized spacial score (nSPS) is 19.2. The summed E-state index contributed by atoms with van der Waals surface area (Å²) >= 11 is 0. The van der Waals surface area contributed by atoms with Gasteiger partial charge in [0.15, 0.2) is 5.65 Å². The fraction of sp³-hybridized carbons (Fsp3) is 0.412. The van der Waals surface area contributed by atoms with Crippen LogP contribution >= 0.6 is 0 Å². The third-order valence-electron chi connectivity index (χ3n) is 4.81. The summed E-state index contributed by atoms with van der Waals surface area (Å²) in [6, 6.07) is 1.49. The minimum Gasteiger partial charge on any atom is -0.418 e. The number of nitrogens with one attached hydrogen (secondary N) is 1. The van der Waals surface area contributed by atoms with Crippen molar-refractivity contribution in [3.8, 4) is 11.8 Å². The Bertz CT molecular complexity index is 1070. The highest BCUT2D eigenvalue weighted by atomic mass is 19.4. The van der Waals surface area contributed by atoms with Gasteiger partial charge in [0.1, 0.15) is 17.5 Å². The van der Waals surface area contributed by atoms with Crippen molar-refractivity contribution in [2.24, 2.45) is 5.92 Å². The van der Waals surface area contributed by atoms with E-state index < -0.39 is 30.1 Å². The number of rotatable bonds is 4. The smallest absolute Gasteiger partial charge is 0.416 e. The Morgan fingerprint density at radius 2 is 2.07 bits per heavy atom. The maximum absolute atomic E-state index is 14.2. The molecule has 0 bridgehead atoms. The minimum atomic E-state index is -4.59. The van der Waals surface area contributed by atoms with E-state index in [-0.39, 0.29) is 41.6 Å². The Balaban J connectivity index is 1.71. The van der Waals surface area contributed by atoms with E-state index in [1.807, 2.05) is 0 Å². The number of piperidine rings is 1. The van der Waals surface area contributed by atoms with Crippen molar-refractivity contribution < 1.29 is 26.7 Å². The number of nitrogen functional groups attached to an aromatic ring is 1. The molecule has 3 N–H and O–H groups in total. The lowest BCUT2D eigenvalue weighted by molar-refractivity contribution is -0.137. The molecule has 1 aliphatic rings. The molecule has 0 radical (unpaired) electrons. The molecule has 0 spiro atoms. The Morgan fingerprint density at radius 1 is 1.27 bits per heavy atom. The van der Waals surface area contributed by atoms with E-state index in [9.17, 15) is 22.0 Å². The summed E-state index contributed by atoms with van der Waals surface area (Å²) in [6.45, 7) is -0.208. The van der Waals surface area contributed by atoms with Crippen LogP contribution in [0.3, 0.4) is 0 Å². The number of aromatic nitrogens is 5. The molecule has 30 heavy (non-hydrogen) atoms. The van der Waals surface area contributed by atoms with Gasteiger partial charge in [-0.3, -0.25) is 0 Å². The molecule has 0 aliphatic carbocycles. The van der Waals surface area contributed by atoms with Crippen molar-refractivity contribution in [2.75, 3.05) is 18.8 Å². The maximum Gasteiger partial charge on any atom is 0.416 e. The number of nitrogens with zero attached hydrogens (tertiary/aromatic N) is 5. The molecule has 0 aromatic carbocycles. The third kappa shape index (κ3) is 3.84. The average Bonchev–Trinajstić information content (AvgIpc) is 3.01. The zero-order chi connectivity index (χ0) is 21.5. The van der Waals surface area contributed by atoms with E-state index in [1.54, 1.807) is 0 Å². The standard InChI is InChI=1S/C17H16F5N7O/c18-16(19)7-24-3-1-10(16)6-29-14-12(13(23)26-8-27-14)15(28-29)30-11-5-9(2-4-25-11)17(20,21)22/h2,4-5,8,10,24H,1,3,6-7H2,(H2,23,26,27). The maximum atomic E-state index is 14.2. The van der Waals surface area contributed by atoms with Gasteiger partial charge < -0.3 is 15.8 Å². The molecule has 1 saturated heterocycles. The molecule has 3 aromatic rings. The second-order valence-electron chi connectivity index (χ2n) is 6.85. The summed E-state index contributed by atoms with van der Waals surface area (Å²) in [5.41, 5.74) is 5.04. The molecule has 160 valence electrons. The third-order valence-corrected chi connectivity index (χ3v) is 4.81. The first-order valence-corrected chi connectivity index (χ1v) is 8.92. The zero-order valence-corrected chi connectivity index (χ0v) is 15.3. The molecular formula is C17H16F5N7O. The van der Waals surface area contributed by atoms with Crippen molar-refractivity contribution in [1.82, 2.24) is 30.0 Å². The lowest BCUT2D eigenvalue weighted by Gasteiger charge is -2.31. The van der Waals surface area contributed by atoms with Crippen LogP contribution in [0.1, 0.15) is 12.0 Å². The highest BCUT2D eigenvalue weighted by molar-refractivity contribution is 5.90. The van der Waals surface area contributed by atoms with Crippen LogP contribution in [0.2, 0.25) is 0 Å². The Kier molecular flexibility index (Phi) is 4.92. The quantitative estimate of drug-likeness (QED) is 0.615. The van der Waals surface area contributed by atoms with Gasteiger partial charge in [-0.15, -0.1) is 5.10 Å². The van der Waals surface area contributed by atoms with Crippen molar-refractivity contribution in [1.29, 1.82) is 0 Å². The predicted molar refractivity (Wildman–Crippen MR) is 95.0 cm³/mol. The van der Waals surface area contributed by atoms with Crippen molar-refractivity contribution in [3.05, 3.63) is 30.2 Å². The fourth-order valence-corrected chi connectivity index (χ4v) is 3.26. The molecule has 0 saturated carbocycles. The van der Waals surface area contributed by atoms with Gasteiger partial charge in [-0.25, -0.2) is 28.4 Å². The number of halogens is 5. The zero-order valence-electron chi connectivity index (χ0n) is 15.3. The lowest BCUT2D eigenvalue weighted by Crippen LogP contribution is -2.47. The monoisotopic (exact) mass is 429 g/mol. The largest absolute Gasteiger partial charge is 0.418 e. The number of hydrogen-bond donors (Lipinski definition) is 2. The van der Waals surface area contributed by atoms with Crippen molar-refractivity contribution in [3.63, 3.8) is 0 Å². The molecule has 8 nitrogen and oxygen atoms in total. The van der Waals surface area contributed by atoms with Gasteiger partial charge >= 0.3 is 6.18 Å². The van der Waals surface area contributed by atoms with Crippen LogP contribution < -0.4 is 15.8 Å². The number of hydrogen-bond acceptors (Lipinski definition) is 7. The summed E-state index contributed by atoms with van der Waals surface area (Å²) in [6.07, 6.45) is -2.30. The van der Waals surface area contributed by atoms with Crippen LogP contribution in [0, 0.1) is 5.92 Å². The number of pyridine rings is 1. The van der Waals surface area contributed by atoms with Crippen molar-refractivity contribution >= 4 is 16.9 Å². The second kappa shape index (κ2) is 7.31. The number of fused-ring (bicyclic) bond motifs is 1. The molecule has 13 heteroatoms. The topological polar surface area (TPSA) is 104 Å². The van der Waals surface area contributed by atoms with Gasteiger partial charge in [0.2, 0.25) is 5.88 Å². The van der Waals surface area contributed by atoms with Gasteiger partial charge in [0.25, 0.3) is 11.8 Å². The van der Waals surface area contributed by atoms with Crippen LogP contribution in [0.15, 0.2) is 24.7 Å².